The summed E-state index contributed by atoms with van der Waals surface area (Å²) >= 11 is 0. The van der Waals surface area contributed by atoms with Crippen molar-refractivity contribution in [3.63, 3.8) is 0 Å². The molecule has 2 aromatic heterocycles. The van der Waals surface area contributed by atoms with E-state index in [9.17, 15) is 26.3 Å². The Hall–Kier alpha value is -3.69. The van der Waals surface area contributed by atoms with E-state index in [2.05, 4.69) is 20.3 Å². The Balaban J connectivity index is 1.87. The van der Waals surface area contributed by atoms with Crippen molar-refractivity contribution in [2.24, 2.45) is 0 Å². The number of hydrogen-bond donors (Lipinski definition) is 1. The van der Waals surface area contributed by atoms with E-state index in [1.807, 2.05) is 0 Å². The lowest BCUT2D eigenvalue weighted by Gasteiger charge is -2.14. The number of fused-ring (bicyclic) bond motifs is 1. The molecule has 4 nitrogen and oxygen atoms in total. The maximum absolute atomic E-state index is 13.2. The smallest absolute Gasteiger partial charge is 0.340 e. The zero-order chi connectivity index (χ0) is 22.2. The number of halogens is 6. The van der Waals surface area contributed by atoms with Crippen molar-refractivity contribution >= 4 is 22.4 Å². The molecule has 158 valence electrons. The molecule has 0 radical (unpaired) electrons. The molecule has 10 heteroatoms. The molecule has 2 heterocycles. The summed E-state index contributed by atoms with van der Waals surface area (Å²) in [4.78, 5) is 12.5. The summed E-state index contributed by atoms with van der Waals surface area (Å²) in [5, 5.41) is 3.00. The van der Waals surface area contributed by atoms with Crippen molar-refractivity contribution in [1.29, 1.82) is 0 Å². The first kappa shape index (κ1) is 20.6. The van der Waals surface area contributed by atoms with E-state index in [4.69, 9.17) is 0 Å². The van der Waals surface area contributed by atoms with Gasteiger partial charge in [0.05, 0.1) is 16.6 Å². The summed E-state index contributed by atoms with van der Waals surface area (Å²) in [7, 11) is 0. The minimum absolute atomic E-state index is 0.0156. The largest absolute Gasteiger partial charge is 0.416 e. The fourth-order valence-electron chi connectivity index (χ4n) is 2.94. The number of anilines is 2. The van der Waals surface area contributed by atoms with Gasteiger partial charge >= 0.3 is 12.4 Å². The third-order valence-electron chi connectivity index (χ3n) is 4.40. The molecule has 0 aliphatic heterocycles. The summed E-state index contributed by atoms with van der Waals surface area (Å²) in [6.45, 7) is 0. The Morgan fingerprint density at radius 3 is 2.16 bits per heavy atom. The molecule has 2 aromatic carbocycles. The molecule has 0 aliphatic carbocycles. The quantitative estimate of drug-likeness (QED) is 0.376. The van der Waals surface area contributed by atoms with Crippen molar-refractivity contribution in [3.8, 4) is 11.4 Å². The predicted octanol–water partition coefficient (Wildman–Crippen LogP) is 6.47. The van der Waals surface area contributed by atoms with Crippen LogP contribution >= 0.6 is 0 Å². The SMILES string of the molecule is FC(F)(F)c1cccc(Nc2nc(-c3cccnc3)nc3cc(C(F)(F)F)ccc23)c1. The first-order valence-corrected chi connectivity index (χ1v) is 8.85. The molecule has 1 N–H and O–H groups in total. The Morgan fingerprint density at radius 1 is 0.742 bits per heavy atom. The lowest BCUT2D eigenvalue weighted by atomic mass is 10.1. The third-order valence-corrected chi connectivity index (χ3v) is 4.40. The molecule has 0 aliphatic rings. The van der Waals surface area contributed by atoms with Crippen molar-refractivity contribution in [2.45, 2.75) is 12.4 Å². The number of pyridine rings is 1. The molecular formula is C21H12F6N4. The van der Waals surface area contributed by atoms with Crippen LogP contribution in [-0.2, 0) is 12.4 Å². The summed E-state index contributed by atoms with van der Waals surface area (Å²) in [5.41, 5.74) is -1.28. The van der Waals surface area contributed by atoms with Crippen LogP contribution in [0.2, 0.25) is 0 Å². The monoisotopic (exact) mass is 434 g/mol. The van der Waals surface area contributed by atoms with Crippen molar-refractivity contribution in [1.82, 2.24) is 15.0 Å². The molecule has 0 bridgehead atoms. The van der Waals surface area contributed by atoms with E-state index >= 15 is 0 Å². The predicted molar refractivity (Wildman–Crippen MR) is 102 cm³/mol. The van der Waals surface area contributed by atoms with Gasteiger partial charge in [-0.3, -0.25) is 4.98 Å². The molecule has 0 saturated carbocycles. The van der Waals surface area contributed by atoms with Gasteiger partial charge < -0.3 is 5.32 Å². The average molecular weight is 434 g/mol. The molecule has 0 saturated heterocycles. The van der Waals surface area contributed by atoms with Gasteiger partial charge in [0.2, 0.25) is 0 Å². The van der Waals surface area contributed by atoms with Gasteiger partial charge in [0.15, 0.2) is 5.82 Å². The number of aromatic nitrogens is 3. The minimum Gasteiger partial charge on any atom is -0.340 e. The van der Waals surface area contributed by atoms with Gasteiger partial charge in [0.1, 0.15) is 5.82 Å². The molecule has 4 rings (SSSR count). The van der Waals surface area contributed by atoms with Gasteiger partial charge in [-0.15, -0.1) is 0 Å². The fraction of sp³-hybridized carbons (Fsp3) is 0.0952. The molecule has 0 spiro atoms. The lowest BCUT2D eigenvalue weighted by Crippen LogP contribution is -2.07. The first-order valence-electron chi connectivity index (χ1n) is 8.85. The van der Waals surface area contributed by atoms with Crippen LogP contribution in [0.4, 0.5) is 37.8 Å². The van der Waals surface area contributed by atoms with Crippen LogP contribution in [0.1, 0.15) is 11.1 Å². The summed E-state index contributed by atoms with van der Waals surface area (Å²) in [5.74, 6) is 0.145. The van der Waals surface area contributed by atoms with Gasteiger partial charge in [-0.2, -0.15) is 26.3 Å². The molecule has 0 atom stereocenters. The Bertz CT molecular complexity index is 1240. The second-order valence-electron chi connectivity index (χ2n) is 6.57. The van der Waals surface area contributed by atoms with Crippen molar-refractivity contribution < 1.29 is 26.3 Å². The second kappa shape index (κ2) is 7.53. The highest BCUT2D eigenvalue weighted by atomic mass is 19.4. The highest BCUT2D eigenvalue weighted by Crippen LogP contribution is 2.35. The number of nitrogens with zero attached hydrogens (tertiary/aromatic N) is 3. The van der Waals surface area contributed by atoms with E-state index in [0.717, 1.165) is 24.3 Å². The first-order chi connectivity index (χ1) is 14.6. The number of benzene rings is 2. The van der Waals surface area contributed by atoms with Gasteiger partial charge in [0, 0.05) is 29.0 Å². The summed E-state index contributed by atoms with van der Waals surface area (Å²) in [6, 6.07) is 10.6. The summed E-state index contributed by atoms with van der Waals surface area (Å²) in [6.07, 6.45) is -6.19. The van der Waals surface area contributed by atoms with Crippen LogP contribution in [0.5, 0.6) is 0 Å². The van der Waals surface area contributed by atoms with Crippen LogP contribution in [0.3, 0.4) is 0 Å². The molecule has 0 fully saturated rings. The normalized spacial score (nSPS) is 12.2. The van der Waals surface area contributed by atoms with Crippen molar-refractivity contribution in [3.05, 3.63) is 78.1 Å². The molecule has 4 aromatic rings. The Labute approximate surface area is 171 Å². The van der Waals surface area contributed by atoms with Gasteiger partial charge in [0.25, 0.3) is 0 Å². The Morgan fingerprint density at radius 2 is 1.48 bits per heavy atom. The fourth-order valence-corrected chi connectivity index (χ4v) is 2.94. The standard InChI is InChI=1S/C21H12F6N4/c22-20(23,24)13-4-1-5-15(9-13)29-19-16-7-6-14(21(25,26)27)10-17(16)30-18(31-19)12-3-2-8-28-11-12/h1-11H,(H,29,30,31). The topological polar surface area (TPSA) is 50.7 Å². The molecular weight excluding hydrogens is 422 g/mol. The van der Waals surface area contributed by atoms with Gasteiger partial charge in [-0.1, -0.05) is 6.07 Å². The average Bonchev–Trinajstić information content (AvgIpc) is 2.73. The zero-order valence-corrected chi connectivity index (χ0v) is 15.5. The van der Waals surface area contributed by atoms with E-state index in [1.54, 1.807) is 12.1 Å². The van der Waals surface area contributed by atoms with E-state index in [-0.39, 0.29) is 28.2 Å². The molecule has 0 unspecified atom stereocenters. The van der Waals surface area contributed by atoms with Crippen LogP contribution < -0.4 is 5.32 Å². The van der Waals surface area contributed by atoms with Crippen LogP contribution in [0.25, 0.3) is 22.3 Å². The van der Waals surface area contributed by atoms with Crippen LogP contribution in [0.15, 0.2) is 67.0 Å². The van der Waals surface area contributed by atoms with Gasteiger partial charge in [-0.25, -0.2) is 9.97 Å². The number of rotatable bonds is 3. The second-order valence-corrected chi connectivity index (χ2v) is 6.57. The van der Waals surface area contributed by atoms with E-state index in [0.29, 0.717) is 5.56 Å². The summed E-state index contributed by atoms with van der Waals surface area (Å²) < 4.78 is 78.6. The van der Waals surface area contributed by atoms with Crippen LogP contribution in [0, 0.1) is 0 Å². The maximum atomic E-state index is 13.2. The number of alkyl halides is 6. The van der Waals surface area contributed by atoms with Crippen LogP contribution in [-0.4, -0.2) is 15.0 Å². The number of nitrogens with one attached hydrogen (secondary N) is 1. The van der Waals surface area contributed by atoms with E-state index < -0.39 is 23.5 Å². The minimum atomic E-state index is -4.58. The van der Waals surface area contributed by atoms with Crippen molar-refractivity contribution in [2.75, 3.05) is 5.32 Å². The highest BCUT2D eigenvalue weighted by Gasteiger charge is 2.32. The third kappa shape index (κ3) is 4.42. The number of hydrogen-bond acceptors (Lipinski definition) is 4. The van der Waals surface area contributed by atoms with Gasteiger partial charge in [-0.05, 0) is 48.5 Å². The maximum Gasteiger partial charge on any atom is 0.416 e. The Kier molecular flexibility index (Phi) is 5.00. The van der Waals surface area contributed by atoms with E-state index in [1.165, 1.54) is 30.6 Å². The molecule has 31 heavy (non-hydrogen) atoms. The lowest BCUT2D eigenvalue weighted by molar-refractivity contribution is -0.138. The molecule has 0 amide bonds. The zero-order valence-electron chi connectivity index (χ0n) is 15.5. The highest BCUT2D eigenvalue weighted by molar-refractivity contribution is 5.92.